The van der Waals surface area contributed by atoms with E-state index in [1.807, 2.05) is 24.4 Å². The first-order valence-electron chi connectivity index (χ1n) is 8.35. The minimum absolute atomic E-state index is 0.0275. The Morgan fingerprint density at radius 3 is 3.04 bits per heavy atom. The van der Waals surface area contributed by atoms with Crippen LogP contribution in [-0.4, -0.2) is 33.5 Å². The number of benzene rings is 1. The number of aromatic nitrogens is 3. The lowest BCUT2D eigenvalue weighted by atomic mass is 9.99. The van der Waals surface area contributed by atoms with Crippen LogP contribution in [-0.2, 0) is 16.0 Å². The zero-order chi connectivity index (χ0) is 19.0. The molecule has 0 aliphatic carbocycles. The van der Waals surface area contributed by atoms with Gasteiger partial charge in [0.1, 0.15) is 17.9 Å². The third-order valence-corrected chi connectivity index (χ3v) is 6.21. The largest absolute Gasteiger partial charge is 0.315 e. The second-order valence-corrected chi connectivity index (χ2v) is 8.02. The van der Waals surface area contributed by atoms with Gasteiger partial charge in [0, 0.05) is 22.0 Å². The van der Waals surface area contributed by atoms with Gasteiger partial charge < -0.3 is 10.2 Å². The van der Waals surface area contributed by atoms with Crippen LogP contribution >= 0.6 is 27.3 Å². The fourth-order valence-electron chi connectivity index (χ4n) is 3.15. The zero-order valence-corrected chi connectivity index (χ0v) is 16.9. The summed E-state index contributed by atoms with van der Waals surface area (Å²) in [5, 5.41) is 12.1. The number of aromatic amines is 1. The molecule has 0 atom stereocenters. The number of hydrogen-bond acceptors (Lipinski definition) is 5. The Kier molecular flexibility index (Phi) is 4.79. The lowest BCUT2D eigenvalue weighted by Gasteiger charge is -2.29. The van der Waals surface area contributed by atoms with Crippen LogP contribution in [0.15, 0.2) is 34.4 Å². The number of carbonyl (C=O) groups excluding carboxylic acids is 2. The number of nitrogens with one attached hydrogen (secondary N) is 2. The van der Waals surface area contributed by atoms with E-state index >= 15 is 0 Å². The average molecular weight is 446 g/mol. The van der Waals surface area contributed by atoms with Gasteiger partial charge in [0.15, 0.2) is 5.82 Å². The fourth-order valence-corrected chi connectivity index (χ4v) is 4.78. The van der Waals surface area contributed by atoms with Gasteiger partial charge in [0.05, 0.1) is 5.56 Å². The molecule has 1 aliphatic rings. The van der Waals surface area contributed by atoms with Crippen molar-refractivity contribution in [1.29, 1.82) is 0 Å². The van der Waals surface area contributed by atoms with Crippen molar-refractivity contribution >= 4 is 49.8 Å². The van der Waals surface area contributed by atoms with Gasteiger partial charge >= 0.3 is 0 Å². The minimum Gasteiger partial charge on any atom is -0.315 e. The molecular weight excluding hydrogens is 430 g/mol. The molecule has 0 spiro atoms. The second kappa shape index (κ2) is 7.24. The fraction of sp³-hybridized carbons (Fsp3) is 0.222. The average Bonchev–Trinajstić information content (AvgIpc) is 3.27. The third-order valence-electron chi connectivity index (χ3n) is 4.39. The Morgan fingerprint density at radius 2 is 2.26 bits per heavy atom. The lowest BCUT2D eigenvalue weighted by molar-refractivity contribution is -0.121. The number of carbonyl (C=O) groups is 2. The molecule has 9 heteroatoms. The normalized spacial score (nSPS) is 13.6. The number of H-pyrrole nitrogens is 1. The molecule has 0 bridgehead atoms. The number of thiophene rings is 1. The number of halogens is 1. The van der Waals surface area contributed by atoms with Crippen LogP contribution in [0.4, 0.5) is 10.7 Å². The molecular formula is C18H16BrN5O2S. The summed E-state index contributed by atoms with van der Waals surface area (Å²) in [5.74, 6) is 0.268. The molecule has 3 aromatic rings. The van der Waals surface area contributed by atoms with E-state index in [9.17, 15) is 9.59 Å². The van der Waals surface area contributed by atoms with Crippen molar-refractivity contribution in [3.63, 3.8) is 0 Å². The lowest BCUT2D eigenvalue weighted by Crippen LogP contribution is -2.40. The topological polar surface area (TPSA) is 91.0 Å². The van der Waals surface area contributed by atoms with E-state index in [1.165, 1.54) is 17.7 Å². The number of fused-ring (bicyclic) bond motifs is 1. The monoisotopic (exact) mass is 445 g/mol. The molecule has 7 nitrogen and oxygen atoms in total. The van der Waals surface area contributed by atoms with Crippen molar-refractivity contribution in [3.8, 4) is 11.4 Å². The number of hydrogen-bond donors (Lipinski definition) is 2. The Labute approximate surface area is 167 Å². The maximum absolute atomic E-state index is 12.7. The second-order valence-electron chi connectivity index (χ2n) is 6.28. The summed E-state index contributed by atoms with van der Waals surface area (Å²) in [6.07, 6.45) is 2.54. The summed E-state index contributed by atoms with van der Waals surface area (Å²) in [7, 11) is 0. The molecule has 1 aromatic carbocycles. The van der Waals surface area contributed by atoms with Crippen molar-refractivity contribution in [3.05, 3.63) is 45.5 Å². The van der Waals surface area contributed by atoms with Gasteiger partial charge in [-0.15, -0.1) is 11.3 Å². The van der Waals surface area contributed by atoms with Gasteiger partial charge in [-0.05, 0) is 40.9 Å². The van der Waals surface area contributed by atoms with E-state index in [0.717, 1.165) is 26.9 Å². The first-order valence-corrected chi connectivity index (χ1v) is 10.0. The van der Waals surface area contributed by atoms with Crippen LogP contribution in [0.25, 0.3) is 11.4 Å². The van der Waals surface area contributed by atoms with E-state index in [2.05, 4.69) is 42.5 Å². The Bertz CT molecular complexity index is 1010. The Hall–Kier alpha value is -2.52. The first-order chi connectivity index (χ1) is 13.0. The van der Waals surface area contributed by atoms with E-state index in [1.54, 1.807) is 4.90 Å². The molecule has 2 aromatic heterocycles. The van der Waals surface area contributed by atoms with Gasteiger partial charge in [-0.3, -0.25) is 14.7 Å². The standard InChI is InChI=1S/C18H16BrN5O2S/c1-10-2-4-13-11(6-10)3-5-15(26)24(13)7-14(25)22-18-16(12(19)8-27-18)17-20-9-21-23-17/h2,4,6,8-9H,3,5,7H2,1H3,(H,22,25)(H,20,21,23). The highest BCUT2D eigenvalue weighted by atomic mass is 79.9. The molecule has 0 saturated carbocycles. The quantitative estimate of drug-likeness (QED) is 0.642. The number of rotatable bonds is 4. The van der Waals surface area contributed by atoms with E-state index in [0.29, 0.717) is 23.7 Å². The molecule has 0 unspecified atom stereocenters. The van der Waals surface area contributed by atoms with Crippen LogP contribution in [0.2, 0.25) is 0 Å². The van der Waals surface area contributed by atoms with Gasteiger partial charge in [0.25, 0.3) is 0 Å². The van der Waals surface area contributed by atoms with Crippen molar-refractivity contribution in [1.82, 2.24) is 15.2 Å². The molecule has 0 radical (unpaired) electrons. The van der Waals surface area contributed by atoms with E-state index in [4.69, 9.17) is 0 Å². The SMILES string of the molecule is Cc1ccc2c(c1)CCC(=O)N2CC(=O)Nc1scc(Br)c1-c1ncn[nH]1. The van der Waals surface area contributed by atoms with Gasteiger partial charge in [-0.2, -0.15) is 5.10 Å². The van der Waals surface area contributed by atoms with Crippen LogP contribution in [0, 0.1) is 6.92 Å². The predicted molar refractivity (Wildman–Crippen MR) is 108 cm³/mol. The van der Waals surface area contributed by atoms with Crippen LogP contribution in [0.3, 0.4) is 0 Å². The molecule has 2 N–H and O–H groups in total. The van der Waals surface area contributed by atoms with Crippen molar-refractivity contribution < 1.29 is 9.59 Å². The van der Waals surface area contributed by atoms with Crippen molar-refractivity contribution in [2.45, 2.75) is 19.8 Å². The molecule has 27 heavy (non-hydrogen) atoms. The summed E-state index contributed by atoms with van der Waals surface area (Å²) < 4.78 is 0.814. The Morgan fingerprint density at radius 1 is 1.41 bits per heavy atom. The highest BCUT2D eigenvalue weighted by Crippen LogP contribution is 2.38. The number of amides is 2. The summed E-state index contributed by atoms with van der Waals surface area (Å²) in [6, 6.07) is 5.95. The summed E-state index contributed by atoms with van der Waals surface area (Å²) in [5.41, 5.74) is 3.80. The first kappa shape index (κ1) is 17.9. The predicted octanol–water partition coefficient (Wildman–Crippen LogP) is 3.52. The molecule has 1 aliphatic heterocycles. The minimum atomic E-state index is -0.258. The van der Waals surface area contributed by atoms with Crippen LogP contribution in [0.1, 0.15) is 17.5 Å². The highest BCUT2D eigenvalue weighted by molar-refractivity contribution is 9.10. The van der Waals surface area contributed by atoms with Crippen molar-refractivity contribution in [2.24, 2.45) is 0 Å². The maximum Gasteiger partial charge on any atom is 0.245 e. The molecule has 0 fully saturated rings. The molecule has 3 heterocycles. The summed E-state index contributed by atoms with van der Waals surface area (Å²) in [4.78, 5) is 30.8. The number of anilines is 2. The van der Waals surface area contributed by atoms with E-state index < -0.39 is 0 Å². The van der Waals surface area contributed by atoms with Gasteiger partial charge in [-0.25, -0.2) is 4.98 Å². The maximum atomic E-state index is 12.7. The number of nitrogens with zero attached hydrogens (tertiary/aromatic N) is 3. The van der Waals surface area contributed by atoms with Crippen molar-refractivity contribution in [2.75, 3.05) is 16.8 Å². The Balaban J connectivity index is 1.55. The van der Waals surface area contributed by atoms with E-state index in [-0.39, 0.29) is 18.4 Å². The molecule has 4 rings (SSSR count). The zero-order valence-electron chi connectivity index (χ0n) is 14.5. The smallest absolute Gasteiger partial charge is 0.245 e. The van der Waals surface area contributed by atoms with Gasteiger partial charge in [0.2, 0.25) is 11.8 Å². The van der Waals surface area contributed by atoms with Gasteiger partial charge in [-0.1, -0.05) is 17.7 Å². The highest BCUT2D eigenvalue weighted by Gasteiger charge is 2.26. The van der Waals surface area contributed by atoms with Crippen LogP contribution < -0.4 is 10.2 Å². The molecule has 2 amide bonds. The van der Waals surface area contributed by atoms with Crippen LogP contribution in [0.5, 0.6) is 0 Å². The molecule has 138 valence electrons. The summed E-state index contributed by atoms with van der Waals surface area (Å²) in [6.45, 7) is 1.99. The third kappa shape index (κ3) is 3.52. The number of aryl methyl sites for hydroxylation is 2. The summed E-state index contributed by atoms with van der Waals surface area (Å²) >= 11 is 4.85. The molecule has 0 saturated heterocycles.